The molecule has 1 aliphatic rings. The van der Waals surface area contributed by atoms with E-state index >= 15 is 0 Å². The molecule has 0 unspecified atom stereocenters. The van der Waals surface area contributed by atoms with E-state index in [9.17, 15) is 9.18 Å². The monoisotopic (exact) mass is 329 g/mol. The molecule has 1 fully saturated rings. The van der Waals surface area contributed by atoms with Gasteiger partial charge in [0.15, 0.2) is 0 Å². The molecule has 1 aromatic rings. The Morgan fingerprint density at radius 3 is 2.95 bits per heavy atom. The van der Waals surface area contributed by atoms with E-state index < -0.39 is 0 Å². The molecule has 0 spiro atoms. The first-order chi connectivity index (χ1) is 9.08. The second-order valence-corrected chi connectivity index (χ2v) is 5.65. The predicted molar refractivity (Wildman–Crippen MR) is 75.5 cm³/mol. The zero-order chi connectivity index (χ0) is 13.8. The Balaban J connectivity index is 1.80. The molecule has 1 aromatic carbocycles. The number of ether oxygens (including phenoxy) is 1. The number of hydrogen-bond acceptors (Lipinski definition) is 2. The van der Waals surface area contributed by atoms with Gasteiger partial charge in [0.1, 0.15) is 5.82 Å². The second kappa shape index (κ2) is 6.48. The number of hydrogen-bond donors (Lipinski definition) is 1. The van der Waals surface area contributed by atoms with E-state index in [2.05, 4.69) is 21.2 Å². The van der Waals surface area contributed by atoms with Crippen molar-refractivity contribution in [3.8, 4) is 0 Å². The highest BCUT2D eigenvalue weighted by molar-refractivity contribution is 9.10. The fourth-order valence-electron chi connectivity index (χ4n) is 2.27. The van der Waals surface area contributed by atoms with Crippen molar-refractivity contribution in [2.24, 2.45) is 5.92 Å². The van der Waals surface area contributed by atoms with Gasteiger partial charge in [0.05, 0.1) is 11.8 Å². The highest BCUT2D eigenvalue weighted by atomic mass is 79.9. The summed E-state index contributed by atoms with van der Waals surface area (Å²) in [6.07, 6.45) is 2.65. The first kappa shape index (κ1) is 14.5. The summed E-state index contributed by atoms with van der Waals surface area (Å²) in [5, 5.41) is 2.73. The summed E-state index contributed by atoms with van der Waals surface area (Å²) < 4.78 is 19.2. The number of nitrogens with one attached hydrogen (secondary N) is 1. The highest BCUT2D eigenvalue weighted by Gasteiger charge is 2.31. The predicted octanol–water partition coefficient (Wildman–Crippen LogP) is 3.73. The van der Waals surface area contributed by atoms with Gasteiger partial charge in [-0.05, 0) is 59.8 Å². The second-order valence-electron chi connectivity index (χ2n) is 4.79. The van der Waals surface area contributed by atoms with Gasteiger partial charge < -0.3 is 10.1 Å². The van der Waals surface area contributed by atoms with Gasteiger partial charge in [-0.2, -0.15) is 0 Å². The summed E-state index contributed by atoms with van der Waals surface area (Å²) >= 11 is 3.28. The third-order valence-electron chi connectivity index (χ3n) is 3.27. The Labute approximate surface area is 120 Å². The Hall–Kier alpha value is -0.940. The van der Waals surface area contributed by atoms with Crippen LogP contribution in [0.5, 0.6) is 0 Å². The lowest BCUT2D eigenvalue weighted by Gasteiger charge is -2.34. The maximum absolute atomic E-state index is 13.1. The Morgan fingerprint density at radius 1 is 1.53 bits per heavy atom. The first-order valence-corrected chi connectivity index (χ1v) is 7.24. The van der Waals surface area contributed by atoms with E-state index in [1.54, 1.807) is 6.07 Å². The van der Waals surface area contributed by atoms with Crippen molar-refractivity contribution in [1.82, 2.24) is 0 Å². The summed E-state index contributed by atoms with van der Waals surface area (Å²) in [5.41, 5.74) is 0.477. The van der Waals surface area contributed by atoms with Gasteiger partial charge >= 0.3 is 0 Å². The molecule has 3 nitrogen and oxygen atoms in total. The van der Waals surface area contributed by atoms with Crippen molar-refractivity contribution < 1.29 is 13.9 Å². The normalized spacial score (nSPS) is 21.8. The van der Waals surface area contributed by atoms with Crippen molar-refractivity contribution >= 4 is 27.5 Å². The molecule has 0 radical (unpaired) electrons. The van der Waals surface area contributed by atoms with Crippen LogP contribution < -0.4 is 5.32 Å². The van der Waals surface area contributed by atoms with Crippen molar-refractivity contribution in [1.29, 1.82) is 0 Å². The van der Waals surface area contributed by atoms with Crippen LogP contribution in [0.4, 0.5) is 10.1 Å². The van der Waals surface area contributed by atoms with Gasteiger partial charge in [0, 0.05) is 17.5 Å². The number of anilines is 1. The molecule has 0 atom stereocenters. The van der Waals surface area contributed by atoms with Gasteiger partial charge in [0.25, 0.3) is 0 Å². The average Bonchev–Trinajstić information content (AvgIpc) is 2.31. The van der Waals surface area contributed by atoms with Crippen molar-refractivity contribution in [2.75, 3.05) is 11.9 Å². The maximum Gasteiger partial charge on any atom is 0.224 e. The molecule has 0 aliphatic heterocycles. The van der Waals surface area contributed by atoms with Crippen LogP contribution in [0, 0.1) is 11.7 Å². The molecule has 1 amide bonds. The molecule has 5 heteroatoms. The Kier molecular flexibility index (Phi) is 4.93. The fraction of sp³-hybridized carbons (Fsp3) is 0.500. The molecule has 104 valence electrons. The number of amides is 1. The zero-order valence-corrected chi connectivity index (χ0v) is 12.4. The van der Waals surface area contributed by atoms with Crippen LogP contribution in [0.25, 0.3) is 0 Å². The van der Waals surface area contributed by atoms with Crippen LogP contribution >= 0.6 is 15.9 Å². The average molecular weight is 330 g/mol. The Morgan fingerprint density at radius 2 is 2.26 bits per heavy atom. The molecule has 0 bridgehead atoms. The van der Waals surface area contributed by atoms with Crippen LogP contribution in [0.3, 0.4) is 0 Å². The lowest BCUT2D eigenvalue weighted by molar-refractivity contribution is -0.119. The maximum atomic E-state index is 13.1. The van der Waals surface area contributed by atoms with E-state index in [0.717, 1.165) is 19.4 Å². The van der Waals surface area contributed by atoms with Crippen LogP contribution in [-0.4, -0.2) is 18.6 Å². The lowest BCUT2D eigenvalue weighted by Crippen LogP contribution is -2.33. The third kappa shape index (κ3) is 4.01. The minimum Gasteiger partial charge on any atom is -0.378 e. The molecule has 1 N–H and O–H groups in total. The van der Waals surface area contributed by atoms with Gasteiger partial charge in [-0.15, -0.1) is 0 Å². The molecule has 0 aromatic heterocycles. The number of carbonyl (C=O) groups is 1. The first-order valence-electron chi connectivity index (χ1n) is 6.45. The fourth-order valence-corrected chi connectivity index (χ4v) is 2.62. The third-order valence-corrected chi connectivity index (χ3v) is 3.96. The molecular weight excluding hydrogens is 313 g/mol. The number of halogens is 2. The summed E-state index contributed by atoms with van der Waals surface area (Å²) in [6.45, 7) is 2.70. The van der Waals surface area contributed by atoms with Gasteiger partial charge in [-0.1, -0.05) is 0 Å². The number of benzene rings is 1. The zero-order valence-electron chi connectivity index (χ0n) is 10.8. The van der Waals surface area contributed by atoms with Crippen molar-refractivity contribution in [3.05, 3.63) is 28.5 Å². The summed E-state index contributed by atoms with van der Waals surface area (Å²) in [6, 6.07) is 4.24. The van der Waals surface area contributed by atoms with E-state index in [4.69, 9.17) is 4.74 Å². The summed E-state index contributed by atoms with van der Waals surface area (Å²) in [5.74, 6) is -0.0614. The van der Waals surface area contributed by atoms with Crippen LogP contribution in [0.15, 0.2) is 22.7 Å². The largest absolute Gasteiger partial charge is 0.378 e. The molecule has 19 heavy (non-hydrogen) atoms. The van der Waals surface area contributed by atoms with Crippen LogP contribution in [-0.2, 0) is 9.53 Å². The van der Waals surface area contributed by atoms with Crippen LogP contribution in [0.1, 0.15) is 26.2 Å². The summed E-state index contributed by atoms with van der Waals surface area (Å²) in [4.78, 5) is 11.8. The van der Waals surface area contributed by atoms with E-state index in [-0.39, 0.29) is 11.7 Å². The number of carbonyl (C=O) groups excluding carboxylic acids is 1. The molecule has 1 saturated carbocycles. The molecule has 0 heterocycles. The SMILES string of the molecule is CCOC1CC(CC(=O)Nc2cc(F)ccc2Br)C1. The van der Waals surface area contributed by atoms with Crippen LogP contribution in [0.2, 0.25) is 0 Å². The Bertz CT molecular complexity index is 461. The van der Waals surface area contributed by atoms with Crippen molar-refractivity contribution in [3.63, 3.8) is 0 Å². The minimum atomic E-state index is -0.362. The van der Waals surface area contributed by atoms with E-state index in [1.165, 1.54) is 12.1 Å². The quantitative estimate of drug-likeness (QED) is 0.893. The minimum absolute atomic E-state index is 0.0775. The van der Waals surface area contributed by atoms with Gasteiger partial charge in [0.2, 0.25) is 5.91 Å². The van der Waals surface area contributed by atoms with E-state index in [1.807, 2.05) is 6.92 Å². The highest BCUT2D eigenvalue weighted by Crippen LogP contribution is 2.33. The van der Waals surface area contributed by atoms with Crippen molar-refractivity contribution in [2.45, 2.75) is 32.3 Å². The smallest absolute Gasteiger partial charge is 0.224 e. The van der Waals surface area contributed by atoms with E-state index in [0.29, 0.717) is 28.6 Å². The molecular formula is C14H17BrFNO2. The summed E-state index contributed by atoms with van der Waals surface area (Å²) in [7, 11) is 0. The van der Waals surface area contributed by atoms with Gasteiger partial charge in [-0.25, -0.2) is 4.39 Å². The standard InChI is InChI=1S/C14H17BrFNO2/c1-2-19-11-5-9(6-11)7-14(18)17-13-8-10(16)3-4-12(13)15/h3-4,8-9,11H,2,5-7H2,1H3,(H,17,18). The lowest BCUT2D eigenvalue weighted by atomic mass is 9.80. The molecule has 2 rings (SSSR count). The molecule has 1 aliphatic carbocycles. The topological polar surface area (TPSA) is 38.3 Å². The number of rotatable bonds is 5. The molecule has 0 saturated heterocycles. The van der Waals surface area contributed by atoms with Gasteiger partial charge in [-0.3, -0.25) is 4.79 Å².